The Morgan fingerprint density at radius 2 is 1.96 bits per heavy atom. The Hall–Kier alpha value is -2.90. The number of benzene rings is 2. The average molecular weight is 331 g/mol. The third kappa shape index (κ3) is 3.53. The van der Waals surface area contributed by atoms with Crippen molar-refractivity contribution in [1.29, 1.82) is 5.26 Å². The minimum Gasteiger partial charge on any atom is -0.360 e. The standard InChI is InChI=1S/C20H17N3S/c1-14-8-9-18(15(2)10-14)22-12-17(11-21)20-23-19(13-24-20)16-6-4-3-5-7-16/h3-10,12-13,22H,1-2H3. The van der Waals surface area contributed by atoms with Crippen LogP contribution in [0.4, 0.5) is 5.69 Å². The predicted octanol–water partition coefficient (Wildman–Crippen LogP) is 5.40. The fraction of sp³-hybridized carbons (Fsp3) is 0.100. The predicted molar refractivity (Wildman–Crippen MR) is 101 cm³/mol. The number of rotatable bonds is 4. The summed E-state index contributed by atoms with van der Waals surface area (Å²) in [6.45, 7) is 4.11. The molecule has 3 rings (SSSR count). The molecule has 0 unspecified atom stereocenters. The third-order valence-electron chi connectivity index (χ3n) is 3.68. The molecule has 2 aromatic carbocycles. The van der Waals surface area contributed by atoms with Gasteiger partial charge in [0, 0.05) is 22.8 Å². The van der Waals surface area contributed by atoms with Gasteiger partial charge in [0.05, 0.1) is 5.69 Å². The van der Waals surface area contributed by atoms with Gasteiger partial charge in [-0.15, -0.1) is 11.3 Å². The first kappa shape index (κ1) is 16.0. The zero-order chi connectivity index (χ0) is 16.9. The number of hydrogen-bond acceptors (Lipinski definition) is 4. The SMILES string of the molecule is Cc1ccc(NC=C(C#N)c2nc(-c3ccccc3)cs2)c(C)c1. The summed E-state index contributed by atoms with van der Waals surface area (Å²) in [6, 6.07) is 18.4. The molecule has 24 heavy (non-hydrogen) atoms. The van der Waals surface area contributed by atoms with E-state index in [4.69, 9.17) is 0 Å². The van der Waals surface area contributed by atoms with Crippen LogP contribution in [0.1, 0.15) is 16.1 Å². The number of thiazole rings is 1. The fourth-order valence-corrected chi connectivity index (χ4v) is 3.20. The van der Waals surface area contributed by atoms with Crippen molar-refractivity contribution in [3.63, 3.8) is 0 Å². The molecule has 0 radical (unpaired) electrons. The minimum absolute atomic E-state index is 0.530. The lowest BCUT2D eigenvalue weighted by Crippen LogP contribution is -1.94. The highest BCUT2D eigenvalue weighted by molar-refractivity contribution is 7.11. The molecule has 4 heteroatoms. The monoisotopic (exact) mass is 331 g/mol. The normalized spacial score (nSPS) is 11.1. The summed E-state index contributed by atoms with van der Waals surface area (Å²) < 4.78 is 0. The summed E-state index contributed by atoms with van der Waals surface area (Å²) in [7, 11) is 0. The first-order chi connectivity index (χ1) is 11.7. The average Bonchev–Trinajstić information content (AvgIpc) is 3.08. The van der Waals surface area contributed by atoms with Gasteiger partial charge in [-0.05, 0) is 25.5 Å². The molecule has 0 saturated carbocycles. The summed E-state index contributed by atoms with van der Waals surface area (Å²) in [5, 5.41) is 15.4. The van der Waals surface area contributed by atoms with E-state index in [1.807, 2.05) is 54.8 Å². The van der Waals surface area contributed by atoms with E-state index in [0.717, 1.165) is 22.5 Å². The summed E-state index contributed by atoms with van der Waals surface area (Å²) >= 11 is 1.48. The topological polar surface area (TPSA) is 48.7 Å². The van der Waals surface area contributed by atoms with E-state index in [9.17, 15) is 5.26 Å². The van der Waals surface area contributed by atoms with Gasteiger partial charge in [-0.2, -0.15) is 5.26 Å². The summed E-state index contributed by atoms with van der Waals surface area (Å²) in [6.07, 6.45) is 1.73. The minimum atomic E-state index is 0.530. The number of nitrogens with one attached hydrogen (secondary N) is 1. The van der Waals surface area contributed by atoms with Gasteiger partial charge in [-0.3, -0.25) is 0 Å². The van der Waals surface area contributed by atoms with Crippen LogP contribution in [-0.4, -0.2) is 4.98 Å². The van der Waals surface area contributed by atoms with E-state index in [1.54, 1.807) is 6.20 Å². The molecular weight excluding hydrogens is 314 g/mol. The summed E-state index contributed by atoms with van der Waals surface area (Å²) in [5.41, 5.74) is 5.83. The number of allylic oxidation sites excluding steroid dienone is 1. The zero-order valence-electron chi connectivity index (χ0n) is 13.6. The second-order valence-corrected chi connectivity index (χ2v) is 6.39. The molecular formula is C20H17N3S. The Morgan fingerprint density at radius 1 is 1.17 bits per heavy atom. The lowest BCUT2D eigenvalue weighted by Gasteiger charge is -2.06. The van der Waals surface area contributed by atoms with Gasteiger partial charge >= 0.3 is 0 Å². The Labute approximate surface area is 145 Å². The molecule has 0 amide bonds. The van der Waals surface area contributed by atoms with Gasteiger partial charge < -0.3 is 5.32 Å². The Morgan fingerprint density at radius 3 is 2.67 bits per heavy atom. The molecule has 0 fully saturated rings. The van der Waals surface area contributed by atoms with Crippen molar-refractivity contribution in [2.24, 2.45) is 0 Å². The van der Waals surface area contributed by atoms with E-state index < -0.39 is 0 Å². The number of anilines is 1. The second kappa shape index (κ2) is 7.12. The molecule has 118 valence electrons. The quantitative estimate of drug-likeness (QED) is 0.651. The van der Waals surface area contributed by atoms with Crippen LogP contribution in [0.15, 0.2) is 60.1 Å². The molecule has 0 spiro atoms. The largest absolute Gasteiger partial charge is 0.360 e. The van der Waals surface area contributed by atoms with E-state index in [0.29, 0.717) is 10.6 Å². The van der Waals surface area contributed by atoms with Gasteiger partial charge in [-0.1, -0.05) is 48.0 Å². The highest BCUT2D eigenvalue weighted by atomic mass is 32.1. The second-order valence-electron chi connectivity index (χ2n) is 5.54. The van der Waals surface area contributed by atoms with Crippen LogP contribution in [0, 0.1) is 25.2 Å². The first-order valence-corrected chi connectivity index (χ1v) is 8.51. The number of hydrogen-bond donors (Lipinski definition) is 1. The molecule has 0 aliphatic rings. The van der Waals surface area contributed by atoms with Crippen molar-refractivity contribution in [3.05, 3.63) is 76.2 Å². The van der Waals surface area contributed by atoms with E-state index in [2.05, 4.69) is 29.4 Å². The van der Waals surface area contributed by atoms with E-state index in [1.165, 1.54) is 16.9 Å². The molecule has 0 atom stereocenters. The fourth-order valence-electron chi connectivity index (χ4n) is 2.41. The molecule has 0 saturated heterocycles. The maximum absolute atomic E-state index is 9.46. The van der Waals surface area contributed by atoms with E-state index in [-0.39, 0.29) is 0 Å². The number of nitrogens with zero attached hydrogens (tertiary/aromatic N) is 2. The van der Waals surface area contributed by atoms with Crippen LogP contribution in [-0.2, 0) is 0 Å². The van der Waals surface area contributed by atoms with Crippen molar-refractivity contribution < 1.29 is 0 Å². The summed E-state index contributed by atoms with van der Waals surface area (Å²) in [5.74, 6) is 0. The molecule has 0 bridgehead atoms. The lowest BCUT2D eigenvalue weighted by atomic mass is 10.1. The van der Waals surface area contributed by atoms with Crippen LogP contribution in [0.2, 0.25) is 0 Å². The molecule has 1 aromatic heterocycles. The first-order valence-electron chi connectivity index (χ1n) is 7.63. The van der Waals surface area contributed by atoms with Crippen molar-refractivity contribution >= 4 is 22.6 Å². The molecule has 1 heterocycles. The van der Waals surface area contributed by atoms with Crippen LogP contribution >= 0.6 is 11.3 Å². The third-order valence-corrected chi connectivity index (χ3v) is 4.55. The highest BCUT2D eigenvalue weighted by Gasteiger charge is 2.09. The van der Waals surface area contributed by atoms with Crippen LogP contribution in [0.5, 0.6) is 0 Å². The summed E-state index contributed by atoms with van der Waals surface area (Å²) in [4.78, 5) is 4.59. The van der Waals surface area contributed by atoms with Crippen molar-refractivity contribution in [1.82, 2.24) is 4.98 Å². The highest BCUT2D eigenvalue weighted by Crippen LogP contribution is 2.26. The molecule has 3 aromatic rings. The van der Waals surface area contributed by atoms with Crippen LogP contribution in [0.3, 0.4) is 0 Å². The van der Waals surface area contributed by atoms with Crippen LogP contribution < -0.4 is 5.32 Å². The van der Waals surface area contributed by atoms with Gasteiger partial charge in [0.15, 0.2) is 0 Å². The van der Waals surface area contributed by atoms with Gasteiger partial charge in [0.2, 0.25) is 0 Å². The van der Waals surface area contributed by atoms with Crippen molar-refractivity contribution in [2.75, 3.05) is 5.32 Å². The Kier molecular flexibility index (Phi) is 4.74. The van der Waals surface area contributed by atoms with Crippen LogP contribution in [0.25, 0.3) is 16.8 Å². The maximum atomic E-state index is 9.46. The number of aryl methyl sites for hydroxylation is 2. The molecule has 1 N–H and O–H groups in total. The molecule has 0 aliphatic carbocycles. The number of nitriles is 1. The lowest BCUT2D eigenvalue weighted by molar-refractivity contribution is 1.35. The maximum Gasteiger partial charge on any atom is 0.136 e. The van der Waals surface area contributed by atoms with Crippen molar-refractivity contribution in [3.8, 4) is 17.3 Å². The van der Waals surface area contributed by atoms with Crippen molar-refractivity contribution in [2.45, 2.75) is 13.8 Å². The smallest absolute Gasteiger partial charge is 0.136 e. The zero-order valence-corrected chi connectivity index (χ0v) is 14.4. The number of aromatic nitrogens is 1. The van der Waals surface area contributed by atoms with E-state index >= 15 is 0 Å². The Bertz CT molecular complexity index is 918. The van der Waals surface area contributed by atoms with Gasteiger partial charge in [0.25, 0.3) is 0 Å². The van der Waals surface area contributed by atoms with Gasteiger partial charge in [-0.25, -0.2) is 4.98 Å². The van der Waals surface area contributed by atoms with Gasteiger partial charge in [0.1, 0.15) is 16.6 Å². The molecule has 0 aliphatic heterocycles. The molecule has 3 nitrogen and oxygen atoms in total. The Balaban J connectivity index is 1.84.